The molecule has 0 rings (SSSR count). The maximum Gasteiger partial charge on any atom is 0.334 e. The summed E-state index contributed by atoms with van der Waals surface area (Å²) < 4.78 is 32.0. The Kier molecular flexibility index (Phi) is 15.5. The van der Waals surface area contributed by atoms with Crippen LogP contribution < -0.4 is 0 Å². The highest BCUT2D eigenvalue weighted by Gasteiger charge is 2.28. The Labute approximate surface area is 178 Å². The van der Waals surface area contributed by atoms with Gasteiger partial charge in [0, 0.05) is 47.7 Å². The van der Waals surface area contributed by atoms with Crippen LogP contribution in [0.5, 0.6) is 0 Å². The van der Waals surface area contributed by atoms with E-state index in [9.17, 15) is 9.59 Å². The average molecular weight is 453 g/mol. The molecule has 172 valence electrons. The van der Waals surface area contributed by atoms with Gasteiger partial charge in [0.1, 0.15) is 0 Å². The Bertz CT molecular complexity index is 413. The third-order valence-corrected chi connectivity index (χ3v) is 11.0. The van der Waals surface area contributed by atoms with Gasteiger partial charge < -0.3 is 27.2 Å². The quantitative estimate of drug-likeness (QED) is 0.177. The van der Waals surface area contributed by atoms with Crippen molar-refractivity contribution in [2.75, 3.05) is 41.7 Å². The van der Waals surface area contributed by atoms with Crippen LogP contribution in [-0.4, -0.2) is 70.7 Å². The Morgan fingerprint density at radius 1 is 0.586 bits per heavy atom. The van der Waals surface area contributed by atoms with E-state index >= 15 is 0 Å². The van der Waals surface area contributed by atoms with Crippen molar-refractivity contribution < 1.29 is 36.8 Å². The van der Waals surface area contributed by atoms with Gasteiger partial charge in [0.2, 0.25) is 0 Å². The zero-order chi connectivity index (χ0) is 22.2. The van der Waals surface area contributed by atoms with Crippen molar-refractivity contribution in [3.8, 4) is 0 Å². The minimum atomic E-state index is -2.05. The molecule has 0 saturated heterocycles. The van der Waals surface area contributed by atoms with Crippen LogP contribution in [0.25, 0.3) is 0 Å². The van der Waals surface area contributed by atoms with Crippen LogP contribution in [0.3, 0.4) is 0 Å². The second-order valence-electron chi connectivity index (χ2n) is 7.29. The van der Waals surface area contributed by atoms with Gasteiger partial charge in [-0.2, -0.15) is 0 Å². The smallest absolute Gasteiger partial charge is 0.334 e. The number of ether oxygens (including phenoxy) is 2. The molecule has 0 spiro atoms. The second kappa shape index (κ2) is 16.0. The third-order valence-electron chi connectivity index (χ3n) is 5.07. The summed E-state index contributed by atoms with van der Waals surface area (Å²) in [6, 6.07) is 1.70. The molecule has 0 unspecified atom stereocenters. The van der Waals surface area contributed by atoms with Gasteiger partial charge in [-0.15, -0.1) is 0 Å². The minimum Gasteiger partial charge on any atom is -0.466 e. The van der Waals surface area contributed by atoms with Crippen molar-refractivity contribution in [2.45, 2.75) is 70.1 Å². The van der Waals surface area contributed by atoms with Gasteiger partial charge in [-0.05, 0) is 38.0 Å². The molecule has 0 heterocycles. The van der Waals surface area contributed by atoms with Crippen LogP contribution in [0.4, 0.5) is 0 Å². The number of carbonyl (C=O) groups is 2. The fraction of sp³-hybridized carbons (Fsp3) is 0.895. The molecule has 0 aliphatic carbocycles. The molecule has 0 aromatic rings. The molecule has 0 atom stereocenters. The van der Waals surface area contributed by atoms with Crippen molar-refractivity contribution in [1.29, 1.82) is 0 Å². The van der Waals surface area contributed by atoms with E-state index in [0.29, 0.717) is 19.3 Å². The SMILES string of the molecule is CO[Si](C)(CCCCC(=O)OCCCOC(=O)CCCC[Si](C)(OC)OC)OC. The highest BCUT2D eigenvalue weighted by molar-refractivity contribution is 6.66. The Hall–Kier alpha value is -0.786. The minimum absolute atomic E-state index is 0.224. The lowest BCUT2D eigenvalue weighted by molar-refractivity contribution is -0.146. The lowest BCUT2D eigenvalue weighted by Gasteiger charge is -2.22. The van der Waals surface area contributed by atoms with Gasteiger partial charge in [0.15, 0.2) is 0 Å². The average Bonchev–Trinajstić information content (AvgIpc) is 2.73. The standard InChI is InChI=1S/C19H40O8Si2/c1-22-28(5,23-2)16-9-7-12-18(20)26-14-11-15-27-19(21)13-8-10-17-29(6,24-3)25-4/h7-17H2,1-6H3. The Balaban J connectivity index is 3.63. The first kappa shape index (κ1) is 28.2. The number of hydrogen-bond acceptors (Lipinski definition) is 8. The molecular weight excluding hydrogens is 412 g/mol. The van der Waals surface area contributed by atoms with E-state index in [-0.39, 0.29) is 25.2 Å². The van der Waals surface area contributed by atoms with Crippen LogP contribution in [0, 0.1) is 0 Å². The van der Waals surface area contributed by atoms with Crippen molar-refractivity contribution in [3.05, 3.63) is 0 Å². The van der Waals surface area contributed by atoms with E-state index < -0.39 is 17.1 Å². The van der Waals surface area contributed by atoms with Gasteiger partial charge in [-0.1, -0.05) is 12.8 Å². The predicted molar refractivity (Wildman–Crippen MR) is 115 cm³/mol. The zero-order valence-electron chi connectivity index (χ0n) is 19.0. The molecule has 0 aromatic carbocycles. The molecule has 0 aliphatic heterocycles. The monoisotopic (exact) mass is 452 g/mol. The summed E-state index contributed by atoms with van der Waals surface area (Å²) >= 11 is 0. The maximum absolute atomic E-state index is 11.7. The van der Waals surface area contributed by atoms with Crippen LogP contribution in [0.15, 0.2) is 0 Å². The molecule has 0 radical (unpaired) electrons. The van der Waals surface area contributed by atoms with Gasteiger partial charge in [0.25, 0.3) is 0 Å². The van der Waals surface area contributed by atoms with E-state index in [1.54, 1.807) is 28.4 Å². The highest BCUT2D eigenvalue weighted by Crippen LogP contribution is 2.17. The second-order valence-corrected chi connectivity index (χ2v) is 14.5. The Morgan fingerprint density at radius 2 is 0.931 bits per heavy atom. The largest absolute Gasteiger partial charge is 0.466 e. The van der Waals surface area contributed by atoms with E-state index in [1.807, 2.05) is 13.1 Å². The van der Waals surface area contributed by atoms with Gasteiger partial charge in [0.05, 0.1) is 13.2 Å². The molecule has 0 aliphatic rings. The fourth-order valence-electron chi connectivity index (χ4n) is 2.58. The summed E-state index contributed by atoms with van der Waals surface area (Å²) in [6.07, 6.45) is 4.50. The number of rotatable bonds is 18. The first-order valence-corrected chi connectivity index (χ1v) is 15.3. The van der Waals surface area contributed by atoms with E-state index in [0.717, 1.165) is 37.8 Å². The van der Waals surface area contributed by atoms with Crippen molar-refractivity contribution >= 4 is 29.1 Å². The van der Waals surface area contributed by atoms with E-state index in [1.165, 1.54) is 0 Å². The van der Waals surface area contributed by atoms with Gasteiger partial charge in [-0.25, -0.2) is 0 Å². The fourth-order valence-corrected chi connectivity index (χ4v) is 5.52. The number of carbonyl (C=O) groups excluding carboxylic acids is 2. The topological polar surface area (TPSA) is 89.5 Å². The predicted octanol–water partition coefficient (Wildman–Crippen LogP) is 3.53. The summed E-state index contributed by atoms with van der Waals surface area (Å²) in [5.74, 6) is -0.448. The zero-order valence-corrected chi connectivity index (χ0v) is 21.0. The number of unbranched alkanes of at least 4 members (excludes halogenated alkanes) is 2. The van der Waals surface area contributed by atoms with Crippen molar-refractivity contribution in [2.24, 2.45) is 0 Å². The molecule has 8 nitrogen and oxygen atoms in total. The molecule has 0 aromatic heterocycles. The molecule has 0 amide bonds. The maximum atomic E-state index is 11.7. The van der Waals surface area contributed by atoms with Crippen molar-refractivity contribution in [3.63, 3.8) is 0 Å². The summed E-state index contributed by atoms with van der Waals surface area (Å²) in [7, 11) is 2.55. The van der Waals surface area contributed by atoms with E-state index in [2.05, 4.69) is 0 Å². The molecule has 10 heteroatoms. The van der Waals surface area contributed by atoms with Crippen LogP contribution >= 0.6 is 0 Å². The summed E-state index contributed by atoms with van der Waals surface area (Å²) in [5, 5.41) is 0. The van der Waals surface area contributed by atoms with E-state index in [4.69, 9.17) is 27.2 Å². The normalized spacial score (nSPS) is 12.1. The van der Waals surface area contributed by atoms with Gasteiger partial charge >= 0.3 is 29.1 Å². The summed E-state index contributed by atoms with van der Waals surface area (Å²) in [4.78, 5) is 23.4. The highest BCUT2D eigenvalue weighted by atomic mass is 28.4. The first-order valence-electron chi connectivity index (χ1n) is 10.3. The van der Waals surface area contributed by atoms with Crippen molar-refractivity contribution in [1.82, 2.24) is 0 Å². The molecule has 0 N–H and O–H groups in total. The van der Waals surface area contributed by atoms with Crippen LogP contribution in [0.1, 0.15) is 44.9 Å². The lowest BCUT2D eigenvalue weighted by atomic mass is 10.2. The van der Waals surface area contributed by atoms with Crippen LogP contribution in [0.2, 0.25) is 25.2 Å². The summed E-state index contributed by atoms with van der Waals surface area (Å²) in [6.45, 7) is 4.54. The molecule has 29 heavy (non-hydrogen) atoms. The Morgan fingerprint density at radius 3 is 1.24 bits per heavy atom. The summed E-state index contributed by atoms with van der Waals surface area (Å²) in [5.41, 5.74) is 0. The van der Waals surface area contributed by atoms with Crippen LogP contribution in [-0.2, 0) is 36.8 Å². The molecule has 0 bridgehead atoms. The molecule has 0 fully saturated rings. The first-order chi connectivity index (χ1) is 13.7. The number of hydrogen-bond donors (Lipinski definition) is 0. The van der Waals surface area contributed by atoms with Gasteiger partial charge in [-0.3, -0.25) is 9.59 Å². The molecular formula is C19H40O8Si2. The number of esters is 2. The third kappa shape index (κ3) is 14.0. The lowest BCUT2D eigenvalue weighted by Crippen LogP contribution is -2.35. The molecule has 0 saturated carbocycles.